The summed E-state index contributed by atoms with van der Waals surface area (Å²) < 4.78 is 12.8. The summed E-state index contributed by atoms with van der Waals surface area (Å²) in [6.45, 7) is 6.04. The number of halogens is 1. The normalized spacial score (nSPS) is 10.3. The van der Waals surface area contributed by atoms with E-state index >= 15 is 0 Å². The van der Waals surface area contributed by atoms with Crippen molar-refractivity contribution in [1.29, 1.82) is 0 Å². The average molecular weight is 238 g/mol. The smallest absolute Gasteiger partial charge is 0.228 e. The summed E-state index contributed by atoms with van der Waals surface area (Å²) in [7, 11) is 0. The minimum atomic E-state index is -0.287. The van der Waals surface area contributed by atoms with Crippen LogP contribution in [0, 0.1) is 5.82 Å². The van der Waals surface area contributed by atoms with Gasteiger partial charge in [0.25, 0.3) is 0 Å². The largest absolute Gasteiger partial charge is 0.316 e. The van der Waals surface area contributed by atoms with Crippen LogP contribution in [0.15, 0.2) is 24.3 Å². The lowest BCUT2D eigenvalue weighted by molar-refractivity contribution is -0.118. The first-order valence-corrected chi connectivity index (χ1v) is 5.95. The Morgan fingerprint density at radius 3 is 2.47 bits per heavy atom. The van der Waals surface area contributed by atoms with Crippen molar-refractivity contribution in [3.05, 3.63) is 30.1 Å². The van der Waals surface area contributed by atoms with Crippen molar-refractivity contribution >= 4 is 11.6 Å². The summed E-state index contributed by atoms with van der Waals surface area (Å²) in [6.07, 6.45) is 0.457. The van der Waals surface area contributed by atoms with Gasteiger partial charge in [-0.15, -0.1) is 0 Å². The summed E-state index contributed by atoms with van der Waals surface area (Å²) in [5.74, 6) is -0.232. The molecule has 0 fully saturated rings. The molecule has 1 N–H and O–H groups in total. The van der Waals surface area contributed by atoms with Crippen LogP contribution >= 0.6 is 0 Å². The lowest BCUT2D eigenvalue weighted by Gasteiger charge is -2.21. The first-order chi connectivity index (χ1) is 8.19. The van der Waals surface area contributed by atoms with Crippen LogP contribution in [0.4, 0.5) is 10.1 Å². The van der Waals surface area contributed by atoms with E-state index in [2.05, 4.69) is 5.32 Å². The fourth-order valence-corrected chi connectivity index (χ4v) is 1.63. The van der Waals surface area contributed by atoms with Gasteiger partial charge >= 0.3 is 0 Å². The zero-order chi connectivity index (χ0) is 12.7. The molecule has 0 spiro atoms. The zero-order valence-corrected chi connectivity index (χ0v) is 10.4. The third-order valence-electron chi connectivity index (χ3n) is 2.52. The molecular weight excluding hydrogens is 219 g/mol. The Hall–Kier alpha value is -1.42. The fraction of sp³-hybridized carbons (Fsp3) is 0.462. The van der Waals surface area contributed by atoms with E-state index in [1.165, 1.54) is 12.1 Å². The molecule has 17 heavy (non-hydrogen) atoms. The SMILES string of the molecule is CCNCCC(=O)N(CC)c1ccc(F)cc1. The maximum atomic E-state index is 12.8. The highest BCUT2D eigenvalue weighted by atomic mass is 19.1. The van der Waals surface area contributed by atoms with E-state index in [0.717, 1.165) is 12.2 Å². The van der Waals surface area contributed by atoms with Gasteiger partial charge in [0.05, 0.1) is 0 Å². The molecule has 0 saturated heterocycles. The van der Waals surface area contributed by atoms with Gasteiger partial charge in [0.1, 0.15) is 5.82 Å². The van der Waals surface area contributed by atoms with E-state index in [4.69, 9.17) is 0 Å². The number of rotatable bonds is 6. The highest BCUT2D eigenvalue weighted by molar-refractivity contribution is 5.93. The molecule has 4 heteroatoms. The number of hydrogen-bond donors (Lipinski definition) is 1. The van der Waals surface area contributed by atoms with Gasteiger partial charge < -0.3 is 10.2 Å². The molecule has 1 rings (SSSR count). The molecule has 94 valence electrons. The number of carbonyl (C=O) groups is 1. The van der Waals surface area contributed by atoms with Crippen LogP contribution in [-0.4, -0.2) is 25.5 Å². The standard InChI is InChI=1S/C13H19FN2O/c1-3-15-10-9-13(17)16(4-2)12-7-5-11(14)6-8-12/h5-8,15H,3-4,9-10H2,1-2H3. The van der Waals surface area contributed by atoms with Crippen molar-refractivity contribution in [3.8, 4) is 0 Å². The quantitative estimate of drug-likeness (QED) is 0.770. The highest BCUT2D eigenvalue weighted by Crippen LogP contribution is 2.15. The molecule has 0 aliphatic carbocycles. The van der Waals surface area contributed by atoms with Gasteiger partial charge in [-0.1, -0.05) is 6.92 Å². The number of anilines is 1. The second-order valence-electron chi connectivity index (χ2n) is 3.72. The highest BCUT2D eigenvalue weighted by Gasteiger charge is 2.12. The summed E-state index contributed by atoms with van der Waals surface area (Å²) in [5, 5.41) is 3.11. The van der Waals surface area contributed by atoms with Gasteiger partial charge in [-0.2, -0.15) is 0 Å². The van der Waals surface area contributed by atoms with Crippen molar-refractivity contribution in [2.75, 3.05) is 24.5 Å². The summed E-state index contributed by atoms with van der Waals surface area (Å²) in [5.41, 5.74) is 0.746. The van der Waals surface area contributed by atoms with Gasteiger partial charge in [0, 0.05) is 25.2 Å². The second kappa shape index (κ2) is 7.01. The minimum absolute atomic E-state index is 0.0556. The lowest BCUT2D eigenvalue weighted by Crippen LogP contribution is -2.33. The molecule has 0 heterocycles. The average Bonchev–Trinajstić information content (AvgIpc) is 2.33. The number of carbonyl (C=O) groups excluding carboxylic acids is 1. The van der Waals surface area contributed by atoms with Gasteiger partial charge in [0.2, 0.25) is 5.91 Å². The zero-order valence-electron chi connectivity index (χ0n) is 10.4. The number of nitrogens with zero attached hydrogens (tertiary/aromatic N) is 1. The molecule has 0 aromatic heterocycles. The van der Waals surface area contributed by atoms with Gasteiger partial charge in [0.15, 0.2) is 0 Å². The summed E-state index contributed by atoms with van der Waals surface area (Å²) in [4.78, 5) is 13.6. The predicted molar refractivity (Wildman–Crippen MR) is 67.6 cm³/mol. The number of amides is 1. The first kappa shape index (κ1) is 13.6. The number of nitrogens with one attached hydrogen (secondary N) is 1. The third kappa shape index (κ3) is 4.15. The van der Waals surface area contributed by atoms with Gasteiger partial charge in [-0.3, -0.25) is 4.79 Å². The van der Waals surface area contributed by atoms with Crippen molar-refractivity contribution in [3.63, 3.8) is 0 Å². The van der Waals surface area contributed by atoms with Crippen LogP contribution in [-0.2, 0) is 4.79 Å². The van der Waals surface area contributed by atoms with Crippen molar-refractivity contribution < 1.29 is 9.18 Å². The predicted octanol–water partition coefficient (Wildman–Crippen LogP) is 2.18. The monoisotopic (exact) mass is 238 g/mol. The molecule has 0 radical (unpaired) electrons. The summed E-state index contributed by atoms with van der Waals surface area (Å²) >= 11 is 0. The molecular formula is C13H19FN2O. The number of benzene rings is 1. The Labute approximate surface area is 102 Å². The fourth-order valence-electron chi connectivity index (χ4n) is 1.63. The van der Waals surface area contributed by atoms with Crippen LogP contribution in [0.5, 0.6) is 0 Å². The Balaban J connectivity index is 2.64. The first-order valence-electron chi connectivity index (χ1n) is 5.95. The third-order valence-corrected chi connectivity index (χ3v) is 2.52. The Kier molecular flexibility index (Phi) is 5.63. The van der Waals surface area contributed by atoms with E-state index in [9.17, 15) is 9.18 Å². The molecule has 0 aliphatic rings. The Morgan fingerprint density at radius 1 is 1.29 bits per heavy atom. The van der Waals surface area contributed by atoms with Crippen LogP contribution in [0.2, 0.25) is 0 Å². The maximum absolute atomic E-state index is 12.8. The molecule has 0 aliphatic heterocycles. The van der Waals surface area contributed by atoms with E-state index in [1.54, 1.807) is 17.0 Å². The molecule has 1 aromatic rings. The van der Waals surface area contributed by atoms with E-state index < -0.39 is 0 Å². The molecule has 0 saturated carbocycles. The van der Waals surface area contributed by atoms with Crippen molar-refractivity contribution in [2.45, 2.75) is 20.3 Å². The van der Waals surface area contributed by atoms with Crippen LogP contribution in [0.25, 0.3) is 0 Å². The van der Waals surface area contributed by atoms with E-state index in [1.807, 2.05) is 13.8 Å². The molecule has 1 aromatic carbocycles. The molecule has 1 amide bonds. The number of hydrogen-bond acceptors (Lipinski definition) is 2. The minimum Gasteiger partial charge on any atom is -0.316 e. The maximum Gasteiger partial charge on any atom is 0.228 e. The van der Waals surface area contributed by atoms with Crippen molar-refractivity contribution in [2.24, 2.45) is 0 Å². The van der Waals surface area contributed by atoms with E-state index in [-0.39, 0.29) is 11.7 Å². The van der Waals surface area contributed by atoms with Crippen LogP contribution < -0.4 is 10.2 Å². The molecule has 0 unspecified atom stereocenters. The summed E-state index contributed by atoms with van der Waals surface area (Å²) in [6, 6.07) is 6.00. The lowest BCUT2D eigenvalue weighted by atomic mass is 10.2. The van der Waals surface area contributed by atoms with Crippen LogP contribution in [0.1, 0.15) is 20.3 Å². The Bertz CT molecular complexity index is 351. The second-order valence-corrected chi connectivity index (χ2v) is 3.72. The van der Waals surface area contributed by atoms with Gasteiger partial charge in [-0.05, 0) is 37.7 Å². The topological polar surface area (TPSA) is 32.3 Å². The molecule has 3 nitrogen and oxygen atoms in total. The molecule has 0 bridgehead atoms. The Morgan fingerprint density at radius 2 is 1.94 bits per heavy atom. The van der Waals surface area contributed by atoms with Crippen LogP contribution in [0.3, 0.4) is 0 Å². The molecule has 0 atom stereocenters. The van der Waals surface area contributed by atoms with Crippen molar-refractivity contribution in [1.82, 2.24) is 5.32 Å². The van der Waals surface area contributed by atoms with E-state index in [0.29, 0.717) is 19.5 Å². The van der Waals surface area contributed by atoms with Gasteiger partial charge in [-0.25, -0.2) is 4.39 Å².